The van der Waals surface area contributed by atoms with Crippen LogP contribution in [-0.2, 0) is 6.42 Å². The van der Waals surface area contributed by atoms with Crippen LogP contribution >= 0.6 is 49.9 Å². The van der Waals surface area contributed by atoms with Crippen molar-refractivity contribution in [2.75, 3.05) is 0 Å². The maximum atomic E-state index is 10.9. The predicted molar refractivity (Wildman–Crippen MR) is 137 cm³/mol. The lowest BCUT2D eigenvalue weighted by atomic mass is 10.1. The predicted octanol–water partition coefficient (Wildman–Crippen LogP) is 9.14. The van der Waals surface area contributed by atoms with E-state index >= 15 is 0 Å². The number of aliphatic hydroxyl groups excluding tert-OH is 1. The van der Waals surface area contributed by atoms with Crippen molar-refractivity contribution in [3.05, 3.63) is 42.2 Å². The zero-order chi connectivity index (χ0) is 21.3. The van der Waals surface area contributed by atoms with Gasteiger partial charge in [0.05, 0.1) is 9.75 Å². The van der Waals surface area contributed by atoms with Crippen LogP contribution in [0.4, 0.5) is 0 Å². The minimum Gasteiger partial charge on any atom is -0.382 e. The molecule has 3 aromatic heterocycles. The number of carbonyl (C=O) groups is 1. The highest BCUT2D eigenvalue weighted by atomic mass is 79.9. The van der Waals surface area contributed by atoms with E-state index in [4.69, 9.17) is 0 Å². The van der Waals surface area contributed by atoms with Gasteiger partial charge in [0.25, 0.3) is 0 Å². The molecule has 3 aromatic rings. The van der Waals surface area contributed by atoms with Crippen LogP contribution in [0.25, 0.3) is 9.40 Å². The van der Waals surface area contributed by atoms with Gasteiger partial charge in [-0.3, -0.25) is 4.79 Å². The van der Waals surface area contributed by atoms with Crippen LogP contribution in [0.15, 0.2) is 22.7 Å². The number of hydrogen-bond acceptors (Lipinski definition) is 5. The molecule has 1 N–H and O–H groups in total. The number of aryl methyl sites for hydroxylation is 1. The third kappa shape index (κ3) is 6.73. The Bertz CT molecular complexity index is 893. The minimum absolute atomic E-state index is 0.602. The number of halogens is 1. The zero-order valence-electron chi connectivity index (χ0n) is 17.6. The van der Waals surface area contributed by atoms with Crippen LogP contribution in [0.1, 0.15) is 102 Å². The van der Waals surface area contributed by atoms with Gasteiger partial charge < -0.3 is 5.11 Å². The Kier molecular flexibility index (Phi) is 10.0. The SMILES string of the molecule is CCCCCCCCCCCCc1cc(Br)c(C(O)c2cc3sc(C=O)cc3s2)s1. The van der Waals surface area contributed by atoms with Crippen LogP contribution in [0.3, 0.4) is 0 Å². The Morgan fingerprint density at radius 1 is 0.900 bits per heavy atom. The highest BCUT2D eigenvalue weighted by molar-refractivity contribution is 9.10. The Morgan fingerprint density at radius 3 is 2.17 bits per heavy atom. The lowest BCUT2D eigenvalue weighted by Gasteiger charge is -2.06. The monoisotopic (exact) mass is 526 g/mol. The normalized spacial score (nSPS) is 12.6. The van der Waals surface area contributed by atoms with Gasteiger partial charge in [-0.25, -0.2) is 0 Å². The first kappa shape index (κ1) is 24.1. The van der Waals surface area contributed by atoms with Crippen LogP contribution in [-0.4, -0.2) is 11.4 Å². The molecule has 0 aromatic carbocycles. The van der Waals surface area contributed by atoms with Gasteiger partial charge in [0.15, 0.2) is 6.29 Å². The third-order valence-electron chi connectivity index (χ3n) is 5.42. The largest absolute Gasteiger partial charge is 0.382 e. The number of thiophene rings is 3. The molecule has 1 unspecified atom stereocenters. The van der Waals surface area contributed by atoms with Gasteiger partial charge in [0, 0.05) is 23.6 Å². The first-order valence-electron chi connectivity index (χ1n) is 11.1. The summed E-state index contributed by atoms with van der Waals surface area (Å²) in [5.41, 5.74) is 0. The maximum Gasteiger partial charge on any atom is 0.160 e. The number of rotatable bonds is 14. The molecule has 0 aliphatic rings. The molecule has 0 radical (unpaired) electrons. The summed E-state index contributed by atoms with van der Waals surface area (Å²) < 4.78 is 3.16. The van der Waals surface area contributed by atoms with Crippen molar-refractivity contribution in [2.24, 2.45) is 0 Å². The van der Waals surface area contributed by atoms with Gasteiger partial charge in [0.2, 0.25) is 0 Å². The van der Waals surface area contributed by atoms with Crippen molar-refractivity contribution in [2.45, 2.75) is 83.7 Å². The summed E-state index contributed by atoms with van der Waals surface area (Å²) in [5.74, 6) is 0. The zero-order valence-corrected chi connectivity index (χ0v) is 21.7. The standard InChI is InChI=1S/C24H31BrO2S3/c1-2-3-4-5-6-7-8-9-10-11-12-17-13-19(25)24(29-17)23(27)22-15-21-20(30-22)14-18(16-26)28-21/h13-16,23,27H,2-12H2,1H3. The molecule has 0 saturated heterocycles. The van der Waals surface area contributed by atoms with Crippen LogP contribution in [0.5, 0.6) is 0 Å². The highest BCUT2D eigenvalue weighted by Crippen LogP contribution is 2.42. The summed E-state index contributed by atoms with van der Waals surface area (Å²) in [6.07, 6.45) is 14.9. The second-order valence-electron chi connectivity index (χ2n) is 7.90. The van der Waals surface area contributed by atoms with E-state index in [0.29, 0.717) is 0 Å². The molecule has 0 bridgehead atoms. The molecule has 0 aliphatic carbocycles. The average molecular weight is 528 g/mol. The molecular weight excluding hydrogens is 496 g/mol. The van der Waals surface area contributed by atoms with Crippen LogP contribution in [0.2, 0.25) is 0 Å². The lowest BCUT2D eigenvalue weighted by Crippen LogP contribution is -1.94. The van der Waals surface area contributed by atoms with E-state index in [1.165, 1.54) is 80.4 Å². The Labute approximate surface area is 200 Å². The number of aldehydes is 1. The molecule has 3 heterocycles. The Morgan fingerprint density at radius 2 is 1.53 bits per heavy atom. The molecule has 164 valence electrons. The fourth-order valence-electron chi connectivity index (χ4n) is 3.72. The summed E-state index contributed by atoms with van der Waals surface area (Å²) in [4.78, 5) is 15.0. The van der Waals surface area contributed by atoms with Crippen LogP contribution < -0.4 is 0 Å². The van der Waals surface area contributed by atoms with E-state index in [9.17, 15) is 9.90 Å². The summed E-state index contributed by atoms with van der Waals surface area (Å²) in [6, 6.07) is 6.11. The van der Waals surface area contributed by atoms with Crippen LogP contribution in [0, 0.1) is 0 Å². The summed E-state index contributed by atoms with van der Waals surface area (Å²) in [7, 11) is 0. The van der Waals surface area contributed by atoms with Gasteiger partial charge in [-0.05, 0) is 47.0 Å². The number of aliphatic hydroxyl groups is 1. The van der Waals surface area contributed by atoms with E-state index in [2.05, 4.69) is 28.9 Å². The fraction of sp³-hybridized carbons (Fsp3) is 0.542. The first-order chi connectivity index (χ1) is 14.6. The van der Waals surface area contributed by atoms with E-state index in [-0.39, 0.29) is 0 Å². The van der Waals surface area contributed by atoms with Gasteiger partial charge in [0.1, 0.15) is 6.10 Å². The number of unbranched alkanes of at least 4 members (excludes halogenated alkanes) is 9. The third-order valence-corrected chi connectivity index (χ3v) is 9.86. The van der Waals surface area contributed by atoms with E-state index in [1.807, 2.05) is 12.1 Å². The van der Waals surface area contributed by atoms with Crippen molar-refractivity contribution in [3.8, 4) is 0 Å². The molecule has 0 fully saturated rings. The van der Waals surface area contributed by atoms with Gasteiger partial charge in [-0.2, -0.15) is 0 Å². The van der Waals surface area contributed by atoms with Crippen molar-refractivity contribution >= 4 is 65.6 Å². The lowest BCUT2D eigenvalue weighted by molar-refractivity contribution is 0.112. The molecule has 0 aliphatic heterocycles. The van der Waals surface area contributed by atoms with Crippen molar-refractivity contribution in [3.63, 3.8) is 0 Å². The number of fused-ring (bicyclic) bond motifs is 1. The van der Waals surface area contributed by atoms with E-state index in [1.54, 1.807) is 22.7 Å². The molecule has 6 heteroatoms. The maximum absolute atomic E-state index is 10.9. The Hall–Kier alpha value is -0.530. The molecule has 30 heavy (non-hydrogen) atoms. The molecule has 2 nitrogen and oxygen atoms in total. The first-order valence-corrected chi connectivity index (χ1v) is 14.3. The number of carbonyl (C=O) groups excluding carboxylic acids is 1. The van der Waals surface area contributed by atoms with E-state index in [0.717, 1.165) is 41.2 Å². The molecule has 0 spiro atoms. The quantitative estimate of drug-likeness (QED) is 0.168. The second-order valence-corrected chi connectivity index (χ2v) is 12.2. The van der Waals surface area contributed by atoms with Gasteiger partial charge in [-0.1, -0.05) is 64.7 Å². The van der Waals surface area contributed by atoms with Gasteiger partial charge in [-0.15, -0.1) is 34.0 Å². The molecule has 0 saturated carbocycles. The summed E-state index contributed by atoms with van der Waals surface area (Å²) >= 11 is 8.44. The molecule has 1 atom stereocenters. The number of hydrogen-bond donors (Lipinski definition) is 1. The fourth-order valence-corrected chi connectivity index (χ4v) is 8.02. The Balaban J connectivity index is 1.43. The summed E-state index contributed by atoms with van der Waals surface area (Å²) in [5, 5.41) is 10.9. The van der Waals surface area contributed by atoms with Crippen molar-refractivity contribution in [1.29, 1.82) is 0 Å². The second kappa shape index (κ2) is 12.5. The van der Waals surface area contributed by atoms with E-state index < -0.39 is 6.10 Å². The highest BCUT2D eigenvalue weighted by Gasteiger charge is 2.20. The summed E-state index contributed by atoms with van der Waals surface area (Å²) in [6.45, 7) is 2.27. The molecule has 3 rings (SSSR count). The smallest absolute Gasteiger partial charge is 0.160 e. The van der Waals surface area contributed by atoms with Gasteiger partial charge >= 0.3 is 0 Å². The minimum atomic E-state index is -0.602. The van der Waals surface area contributed by atoms with Crippen molar-refractivity contribution in [1.82, 2.24) is 0 Å². The molecular formula is C24H31BrO2S3. The topological polar surface area (TPSA) is 37.3 Å². The molecule has 0 amide bonds. The average Bonchev–Trinajstić information content (AvgIpc) is 3.41. The van der Waals surface area contributed by atoms with Crippen molar-refractivity contribution < 1.29 is 9.90 Å².